The van der Waals surface area contributed by atoms with E-state index in [0.717, 1.165) is 0 Å². The first-order valence-corrected chi connectivity index (χ1v) is 9.63. The Morgan fingerprint density at radius 1 is 0.867 bits per heavy atom. The standard InChI is InChI=1S/C24H26O6/c1-4-29-22(25)12-6-17-14-18(7-13-23(26)30-5-2)16-20(15-17)24(27)19-8-10-21(28-3)11-9-19/h6-16,24,27H,4-5H2,1-3H3. The van der Waals surface area contributed by atoms with E-state index in [9.17, 15) is 14.7 Å². The molecule has 0 spiro atoms. The van der Waals surface area contributed by atoms with Crippen LogP contribution in [0.25, 0.3) is 12.2 Å². The van der Waals surface area contributed by atoms with E-state index in [2.05, 4.69) is 0 Å². The van der Waals surface area contributed by atoms with Gasteiger partial charge in [0.05, 0.1) is 20.3 Å². The van der Waals surface area contributed by atoms with Gasteiger partial charge in [0.2, 0.25) is 0 Å². The molecule has 0 radical (unpaired) electrons. The van der Waals surface area contributed by atoms with Crippen LogP contribution in [-0.4, -0.2) is 37.4 Å². The minimum atomic E-state index is -0.901. The van der Waals surface area contributed by atoms with Gasteiger partial charge in [0.25, 0.3) is 0 Å². The molecule has 0 aromatic heterocycles. The Morgan fingerprint density at radius 2 is 1.37 bits per heavy atom. The fraction of sp³-hybridized carbons (Fsp3) is 0.250. The van der Waals surface area contributed by atoms with Gasteiger partial charge in [-0.15, -0.1) is 0 Å². The zero-order valence-electron chi connectivity index (χ0n) is 17.3. The minimum Gasteiger partial charge on any atom is -0.497 e. The summed E-state index contributed by atoms with van der Waals surface area (Å²) in [5, 5.41) is 10.9. The van der Waals surface area contributed by atoms with Gasteiger partial charge in [-0.3, -0.25) is 0 Å². The van der Waals surface area contributed by atoms with Crippen molar-refractivity contribution < 1.29 is 28.9 Å². The van der Waals surface area contributed by atoms with E-state index in [4.69, 9.17) is 14.2 Å². The predicted octanol–water partition coefficient (Wildman–Crippen LogP) is 3.93. The van der Waals surface area contributed by atoms with Gasteiger partial charge in [0.1, 0.15) is 11.9 Å². The molecule has 0 fully saturated rings. The highest BCUT2D eigenvalue weighted by Gasteiger charge is 2.12. The summed E-state index contributed by atoms with van der Waals surface area (Å²) in [6.07, 6.45) is 4.94. The second-order valence-corrected chi connectivity index (χ2v) is 6.28. The quantitative estimate of drug-likeness (QED) is 0.498. The molecule has 2 rings (SSSR count). The number of hydrogen-bond acceptors (Lipinski definition) is 6. The number of benzene rings is 2. The Kier molecular flexibility index (Phi) is 8.84. The molecule has 6 heteroatoms. The van der Waals surface area contributed by atoms with Crippen molar-refractivity contribution in [2.75, 3.05) is 20.3 Å². The van der Waals surface area contributed by atoms with Crippen molar-refractivity contribution in [2.24, 2.45) is 0 Å². The number of carbonyl (C=O) groups is 2. The Hall–Kier alpha value is -3.38. The van der Waals surface area contributed by atoms with Crippen LogP contribution >= 0.6 is 0 Å². The second kappa shape index (κ2) is 11.6. The van der Waals surface area contributed by atoms with Crippen LogP contribution in [0.3, 0.4) is 0 Å². The molecule has 0 saturated carbocycles. The Labute approximate surface area is 176 Å². The highest BCUT2D eigenvalue weighted by atomic mass is 16.5. The first kappa shape index (κ1) is 22.9. The van der Waals surface area contributed by atoms with Gasteiger partial charge < -0.3 is 19.3 Å². The van der Waals surface area contributed by atoms with Gasteiger partial charge in [-0.1, -0.05) is 12.1 Å². The molecule has 2 aromatic rings. The highest BCUT2D eigenvalue weighted by molar-refractivity contribution is 5.88. The van der Waals surface area contributed by atoms with Gasteiger partial charge in [-0.2, -0.15) is 0 Å². The maximum Gasteiger partial charge on any atom is 0.330 e. The van der Waals surface area contributed by atoms with Crippen LogP contribution in [0.5, 0.6) is 5.75 Å². The molecule has 1 N–H and O–H groups in total. The van der Waals surface area contributed by atoms with E-state index < -0.39 is 18.0 Å². The van der Waals surface area contributed by atoms with E-state index in [1.165, 1.54) is 12.2 Å². The molecule has 0 heterocycles. The third-order valence-electron chi connectivity index (χ3n) is 4.14. The summed E-state index contributed by atoms with van der Waals surface area (Å²) in [5.74, 6) is -0.223. The Morgan fingerprint density at radius 3 is 1.80 bits per heavy atom. The second-order valence-electron chi connectivity index (χ2n) is 6.28. The molecule has 0 aliphatic heterocycles. The monoisotopic (exact) mass is 410 g/mol. The number of aliphatic hydroxyl groups excluding tert-OH is 1. The molecule has 0 saturated heterocycles. The predicted molar refractivity (Wildman–Crippen MR) is 115 cm³/mol. The van der Waals surface area contributed by atoms with Crippen LogP contribution in [0.2, 0.25) is 0 Å². The molecular formula is C24H26O6. The third-order valence-corrected chi connectivity index (χ3v) is 4.14. The smallest absolute Gasteiger partial charge is 0.330 e. The fourth-order valence-electron chi connectivity index (χ4n) is 2.74. The van der Waals surface area contributed by atoms with Crippen molar-refractivity contribution in [1.82, 2.24) is 0 Å². The lowest BCUT2D eigenvalue weighted by molar-refractivity contribution is -0.138. The van der Waals surface area contributed by atoms with E-state index in [0.29, 0.717) is 28.0 Å². The number of esters is 2. The van der Waals surface area contributed by atoms with Gasteiger partial charge in [0, 0.05) is 12.2 Å². The van der Waals surface area contributed by atoms with Crippen LogP contribution < -0.4 is 4.74 Å². The average Bonchev–Trinajstić information content (AvgIpc) is 2.76. The van der Waals surface area contributed by atoms with Gasteiger partial charge in [-0.05, 0) is 78.6 Å². The minimum absolute atomic E-state index is 0.285. The molecule has 0 aliphatic rings. The number of methoxy groups -OCH3 is 1. The fourth-order valence-corrected chi connectivity index (χ4v) is 2.74. The number of aliphatic hydroxyl groups is 1. The average molecular weight is 410 g/mol. The van der Waals surface area contributed by atoms with E-state index >= 15 is 0 Å². The highest BCUT2D eigenvalue weighted by Crippen LogP contribution is 2.26. The van der Waals surface area contributed by atoms with Crippen LogP contribution in [0, 0.1) is 0 Å². The molecule has 30 heavy (non-hydrogen) atoms. The maximum atomic E-state index is 11.6. The number of ether oxygens (including phenoxy) is 3. The summed E-state index contributed by atoms with van der Waals surface area (Å²) in [7, 11) is 1.58. The normalized spacial score (nSPS) is 12.1. The maximum absolute atomic E-state index is 11.6. The molecule has 0 amide bonds. The summed E-state index contributed by atoms with van der Waals surface area (Å²) in [6.45, 7) is 4.03. The van der Waals surface area contributed by atoms with Crippen LogP contribution in [0.1, 0.15) is 42.2 Å². The van der Waals surface area contributed by atoms with Crippen molar-refractivity contribution in [3.8, 4) is 5.75 Å². The van der Waals surface area contributed by atoms with Crippen molar-refractivity contribution in [2.45, 2.75) is 20.0 Å². The van der Waals surface area contributed by atoms with Crippen LogP contribution in [-0.2, 0) is 19.1 Å². The molecule has 1 unspecified atom stereocenters. The molecule has 6 nitrogen and oxygen atoms in total. The molecule has 2 aromatic carbocycles. The zero-order valence-corrected chi connectivity index (χ0v) is 17.3. The van der Waals surface area contributed by atoms with E-state index in [1.807, 2.05) is 0 Å². The largest absolute Gasteiger partial charge is 0.497 e. The molecule has 1 atom stereocenters. The summed E-state index contributed by atoms with van der Waals surface area (Å²) in [5.41, 5.74) is 2.64. The van der Waals surface area contributed by atoms with Crippen LogP contribution in [0.15, 0.2) is 54.6 Å². The van der Waals surface area contributed by atoms with E-state index in [-0.39, 0.29) is 13.2 Å². The van der Waals surface area contributed by atoms with Gasteiger partial charge in [0.15, 0.2) is 0 Å². The molecule has 0 aliphatic carbocycles. The lowest BCUT2D eigenvalue weighted by Crippen LogP contribution is -2.02. The molecule has 0 bridgehead atoms. The lowest BCUT2D eigenvalue weighted by atomic mass is 9.96. The number of carbonyl (C=O) groups excluding carboxylic acids is 2. The number of rotatable bonds is 9. The van der Waals surface area contributed by atoms with Crippen molar-refractivity contribution in [1.29, 1.82) is 0 Å². The lowest BCUT2D eigenvalue weighted by Gasteiger charge is -2.14. The van der Waals surface area contributed by atoms with Gasteiger partial charge >= 0.3 is 11.9 Å². The van der Waals surface area contributed by atoms with Crippen molar-refractivity contribution >= 4 is 24.1 Å². The Bertz CT molecular complexity index is 866. The molecular weight excluding hydrogens is 384 g/mol. The summed E-state index contributed by atoms with van der Waals surface area (Å²) >= 11 is 0. The zero-order chi connectivity index (χ0) is 21.9. The van der Waals surface area contributed by atoms with Crippen molar-refractivity contribution in [3.63, 3.8) is 0 Å². The van der Waals surface area contributed by atoms with Crippen molar-refractivity contribution in [3.05, 3.63) is 76.9 Å². The van der Waals surface area contributed by atoms with E-state index in [1.54, 1.807) is 75.6 Å². The summed E-state index contributed by atoms with van der Waals surface area (Å²) in [4.78, 5) is 23.3. The molecule has 158 valence electrons. The summed E-state index contributed by atoms with van der Waals surface area (Å²) in [6, 6.07) is 12.4. The van der Waals surface area contributed by atoms with Crippen LogP contribution in [0.4, 0.5) is 0 Å². The SMILES string of the molecule is CCOC(=O)C=Cc1cc(C=CC(=O)OCC)cc(C(O)c2ccc(OC)cc2)c1. The summed E-state index contributed by atoms with van der Waals surface area (Å²) < 4.78 is 15.0. The first-order valence-electron chi connectivity index (χ1n) is 9.63. The Balaban J connectivity index is 2.38. The number of hydrogen-bond donors (Lipinski definition) is 1. The van der Waals surface area contributed by atoms with Gasteiger partial charge in [-0.25, -0.2) is 9.59 Å². The third kappa shape index (κ3) is 6.90. The first-order chi connectivity index (χ1) is 14.5. The topological polar surface area (TPSA) is 82.1 Å².